The lowest BCUT2D eigenvalue weighted by molar-refractivity contribution is -0.0399. The first kappa shape index (κ1) is 33.1. The maximum atomic E-state index is 2.73. The van der Waals surface area contributed by atoms with Crippen LogP contribution in [0.3, 0.4) is 0 Å². The number of anilines is 3. The molecule has 5 unspecified atom stereocenters. The zero-order valence-electron chi connectivity index (χ0n) is 33.9. The molecule has 17 rings (SSSR count). The lowest BCUT2D eigenvalue weighted by Crippen LogP contribution is -2.55. The Labute approximate surface area is 352 Å². The average Bonchev–Trinajstić information content (AvgIpc) is 3.81. The molecular weight excluding hydrogens is 731 g/mol. The molecule has 10 aliphatic carbocycles. The molecule has 8 fully saturated rings. The van der Waals surface area contributed by atoms with Gasteiger partial charge in [0.15, 0.2) is 0 Å². The van der Waals surface area contributed by atoms with E-state index in [0.717, 1.165) is 47.3 Å². The minimum atomic E-state index is 0.124. The molecule has 290 valence electrons. The van der Waals surface area contributed by atoms with Gasteiger partial charge in [0, 0.05) is 48.1 Å². The Morgan fingerprint density at radius 3 is 1.51 bits per heavy atom. The summed E-state index contributed by atoms with van der Waals surface area (Å²) < 4.78 is 2.75. The quantitative estimate of drug-likeness (QED) is 0.173. The Morgan fingerprint density at radius 2 is 0.847 bits per heavy atom. The normalized spacial score (nSPS) is 33.5. The molecule has 0 N–H and O–H groups in total. The second kappa shape index (κ2) is 11.6. The molecule has 0 aliphatic heterocycles. The first-order valence-corrected chi connectivity index (χ1v) is 24.2. The van der Waals surface area contributed by atoms with Crippen LogP contribution in [0.25, 0.3) is 42.4 Å². The van der Waals surface area contributed by atoms with E-state index in [0.29, 0.717) is 0 Å². The molecule has 59 heavy (non-hydrogen) atoms. The zero-order valence-corrected chi connectivity index (χ0v) is 34.7. The van der Waals surface area contributed by atoms with Gasteiger partial charge >= 0.3 is 0 Å². The van der Waals surface area contributed by atoms with Crippen molar-refractivity contribution in [3.63, 3.8) is 0 Å². The molecule has 0 saturated heterocycles. The molecule has 1 aromatic heterocycles. The van der Waals surface area contributed by atoms with Crippen molar-refractivity contribution < 1.29 is 0 Å². The molecule has 8 bridgehead atoms. The monoisotopic (exact) mass is 781 g/mol. The van der Waals surface area contributed by atoms with E-state index in [-0.39, 0.29) is 10.8 Å². The largest absolute Gasteiger partial charge is 0.310 e. The van der Waals surface area contributed by atoms with Gasteiger partial charge in [-0.3, -0.25) is 0 Å². The van der Waals surface area contributed by atoms with Gasteiger partial charge in [-0.2, -0.15) is 0 Å². The van der Waals surface area contributed by atoms with Crippen molar-refractivity contribution >= 4 is 48.6 Å². The Bertz CT molecular complexity index is 2890. The van der Waals surface area contributed by atoms with Crippen LogP contribution in [-0.4, -0.2) is 0 Å². The molecule has 0 radical (unpaired) electrons. The summed E-state index contributed by atoms with van der Waals surface area (Å²) in [6.45, 7) is 0. The average molecular weight is 782 g/mol. The van der Waals surface area contributed by atoms with E-state index in [9.17, 15) is 0 Å². The molecule has 10 aliphatic rings. The standard InChI is InChI=1S/C57H51NS/c1-4-10-50-44(7-1)46-18-15-41(30-52(46)56(50)37-14-13-33-21-34(24-37)25-38(56)23-33)58(43-17-20-49-48-9-3-6-12-54(48)59-55(49)32-43)42-16-19-47-45-8-2-5-11-51(45)57(53(47)31-42)39-26-35-22-36(28-39)29-40(57)27-35/h1-12,15-20,30-40H,13-14,21-29H2. The first-order chi connectivity index (χ1) is 29.1. The van der Waals surface area contributed by atoms with E-state index in [1.54, 1.807) is 22.3 Å². The zero-order chi connectivity index (χ0) is 38.2. The van der Waals surface area contributed by atoms with Gasteiger partial charge in [-0.1, -0.05) is 91.3 Å². The number of hydrogen-bond donors (Lipinski definition) is 0. The van der Waals surface area contributed by atoms with Gasteiger partial charge in [0.2, 0.25) is 0 Å². The van der Waals surface area contributed by atoms with Crippen molar-refractivity contribution in [1.82, 2.24) is 0 Å². The highest BCUT2D eigenvalue weighted by Gasteiger charge is 2.62. The van der Waals surface area contributed by atoms with Crippen molar-refractivity contribution in [3.8, 4) is 22.3 Å². The number of hydrogen-bond acceptors (Lipinski definition) is 2. The minimum absolute atomic E-state index is 0.124. The number of fused-ring (bicyclic) bond motifs is 10. The number of rotatable bonds is 3. The van der Waals surface area contributed by atoms with Crippen LogP contribution in [0.4, 0.5) is 17.1 Å². The van der Waals surface area contributed by atoms with E-state index in [1.165, 1.54) is 130 Å². The van der Waals surface area contributed by atoms with Crippen LogP contribution in [0.15, 0.2) is 127 Å². The molecule has 2 heteroatoms. The number of benzene rings is 6. The molecule has 2 spiro atoms. The predicted octanol–water partition coefficient (Wildman–Crippen LogP) is 15.4. The van der Waals surface area contributed by atoms with Gasteiger partial charge in [-0.05, 0) is 199 Å². The van der Waals surface area contributed by atoms with Gasteiger partial charge in [0.05, 0.1) is 0 Å². The summed E-state index contributed by atoms with van der Waals surface area (Å²) in [7, 11) is 0. The van der Waals surface area contributed by atoms with Crippen LogP contribution in [0.1, 0.15) is 92.9 Å². The van der Waals surface area contributed by atoms with Gasteiger partial charge < -0.3 is 4.90 Å². The van der Waals surface area contributed by atoms with E-state index >= 15 is 0 Å². The predicted molar refractivity (Wildman–Crippen MR) is 245 cm³/mol. The molecule has 1 nitrogen and oxygen atoms in total. The smallest absolute Gasteiger partial charge is 0.0476 e. The fraction of sp³-hybridized carbons (Fsp3) is 0.368. The van der Waals surface area contributed by atoms with Gasteiger partial charge in [-0.15, -0.1) is 11.3 Å². The molecule has 8 saturated carbocycles. The van der Waals surface area contributed by atoms with Crippen molar-refractivity contribution in [1.29, 1.82) is 0 Å². The topological polar surface area (TPSA) is 3.24 Å². The van der Waals surface area contributed by atoms with Crippen LogP contribution in [0.5, 0.6) is 0 Å². The Kier molecular flexibility index (Phi) is 6.50. The third-order valence-electron chi connectivity index (χ3n) is 18.5. The van der Waals surface area contributed by atoms with Crippen LogP contribution >= 0.6 is 11.3 Å². The molecule has 5 atom stereocenters. The summed E-state index contributed by atoms with van der Waals surface area (Å²) in [5, 5.41) is 2.75. The molecule has 6 aromatic carbocycles. The highest BCUT2D eigenvalue weighted by atomic mass is 32.1. The maximum Gasteiger partial charge on any atom is 0.0476 e. The Balaban J connectivity index is 0.966. The number of nitrogens with zero attached hydrogens (tertiary/aromatic N) is 1. The summed E-state index contributed by atoms with van der Waals surface area (Å²) in [5.41, 5.74) is 16.8. The lowest BCUT2D eigenvalue weighted by atomic mass is 9.43. The Hall–Kier alpha value is -4.66. The van der Waals surface area contributed by atoms with Gasteiger partial charge in [0.1, 0.15) is 0 Å². The van der Waals surface area contributed by atoms with Crippen LogP contribution < -0.4 is 4.90 Å². The fourth-order valence-corrected chi connectivity index (χ4v) is 18.1. The summed E-state index contributed by atoms with van der Waals surface area (Å²) in [6.07, 6.45) is 15.7. The van der Waals surface area contributed by atoms with Crippen molar-refractivity contribution in [2.45, 2.75) is 81.5 Å². The minimum Gasteiger partial charge on any atom is -0.310 e. The summed E-state index contributed by atoms with van der Waals surface area (Å²) in [4.78, 5) is 2.69. The summed E-state index contributed by atoms with van der Waals surface area (Å²) in [6, 6.07) is 51.2. The Morgan fingerprint density at radius 1 is 0.373 bits per heavy atom. The van der Waals surface area contributed by atoms with Crippen molar-refractivity contribution in [2.24, 2.45) is 47.3 Å². The molecule has 1 heterocycles. The van der Waals surface area contributed by atoms with E-state index < -0.39 is 0 Å². The fourth-order valence-electron chi connectivity index (χ4n) is 17.0. The third-order valence-corrected chi connectivity index (χ3v) is 19.7. The highest BCUT2D eigenvalue weighted by Crippen LogP contribution is 2.71. The summed E-state index contributed by atoms with van der Waals surface area (Å²) in [5.74, 6) is 6.68. The highest BCUT2D eigenvalue weighted by molar-refractivity contribution is 7.25. The number of thiophene rings is 1. The van der Waals surface area contributed by atoms with Crippen molar-refractivity contribution in [3.05, 3.63) is 150 Å². The van der Waals surface area contributed by atoms with Gasteiger partial charge in [-0.25, -0.2) is 0 Å². The molecule has 7 aromatic rings. The second-order valence-corrected chi connectivity index (χ2v) is 21.9. The first-order valence-electron chi connectivity index (χ1n) is 23.3. The van der Waals surface area contributed by atoms with Gasteiger partial charge in [0.25, 0.3) is 0 Å². The van der Waals surface area contributed by atoms with Crippen LogP contribution in [-0.2, 0) is 10.8 Å². The SMILES string of the molecule is c1ccc2c(c1)-c1ccc(N(c3ccc4c(c3)C3(c5ccccc5-4)C4CC5CC(C4)CC3C5)c3ccc4c(c3)sc3ccccc34)cc1C21C2CCC3CC(C2)CC1C3. The van der Waals surface area contributed by atoms with Crippen molar-refractivity contribution in [2.75, 3.05) is 4.90 Å². The van der Waals surface area contributed by atoms with Crippen LogP contribution in [0.2, 0.25) is 0 Å². The lowest BCUT2D eigenvalue weighted by Gasteiger charge is -2.61. The van der Waals surface area contributed by atoms with E-state index in [1.807, 2.05) is 11.3 Å². The van der Waals surface area contributed by atoms with Crippen LogP contribution in [0, 0.1) is 47.3 Å². The molecular formula is C57H51NS. The summed E-state index contributed by atoms with van der Waals surface area (Å²) >= 11 is 1.95. The maximum absolute atomic E-state index is 2.73. The van der Waals surface area contributed by atoms with E-state index in [4.69, 9.17) is 0 Å². The second-order valence-electron chi connectivity index (χ2n) is 20.9. The molecule has 0 amide bonds. The van der Waals surface area contributed by atoms with E-state index in [2.05, 4.69) is 132 Å². The third kappa shape index (κ3) is 4.14.